The summed E-state index contributed by atoms with van der Waals surface area (Å²) in [6.45, 7) is 0. The second-order valence-electron chi connectivity index (χ2n) is 6.29. The molecule has 0 spiro atoms. The van der Waals surface area contributed by atoms with Crippen LogP contribution in [-0.4, -0.2) is 22.8 Å². The average Bonchev–Trinajstić information content (AvgIpc) is 2.74. The summed E-state index contributed by atoms with van der Waals surface area (Å²) in [6, 6.07) is 17.2. The molecule has 0 radical (unpaired) electrons. The number of nitrogens with one attached hydrogen (secondary N) is 1. The zero-order chi connectivity index (χ0) is 21.1. The molecule has 3 aromatic rings. The number of imide groups is 2. The second kappa shape index (κ2) is 8.52. The molecular weight excluding hydrogens is 422 g/mol. The summed E-state index contributed by atoms with van der Waals surface area (Å²) < 4.78 is 0. The van der Waals surface area contributed by atoms with Gasteiger partial charge in [-0.25, -0.2) is 9.69 Å². The lowest BCUT2D eigenvalue weighted by atomic mass is 10.1. The first-order valence-corrected chi connectivity index (χ1v) is 10.1. The molecule has 1 aromatic heterocycles. The van der Waals surface area contributed by atoms with Crippen molar-refractivity contribution in [1.29, 1.82) is 0 Å². The van der Waals surface area contributed by atoms with Crippen molar-refractivity contribution in [3.05, 3.63) is 89.2 Å². The van der Waals surface area contributed by atoms with E-state index in [0.717, 1.165) is 14.7 Å². The van der Waals surface area contributed by atoms with Gasteiger partial charge in [0.2, 0.25) is 0 Å². The maximum Gasteiger partial charge on any atom is 0.335 e. The molecule has 0 saturated carbocycles. The molecule has 0 bridgehead atoms. The number of halogens is 1. The number of carbonyl (C=O) groups is 3. The third-order valence-corrected chi connectivity index (χ3v) is 5.53. The van der Waals surface area contributed by atoms with Crippen molar-refractivity contribution in [3.8, 4) is 0 Å². The van der Waals surface area contributed by atoms with Crippen molar-refractivity contribution in [2.75, 3.05) is 4.90 Å². The van der Waals surface area contributed by atoms with E-state index in [4.69, 9.17) is 11.6 Å². The van der Waals surface area contributed by atoms with Gasteiger partial charge >= 0.3 is 6.03 Å². The largest absolute Gasteiger partial charge is 0.335 e. The molecule has 4 rings (SSSR count). The third kappa shape index (κ3) is 4.27. The van der Waals surface area contributed by atoms with Gasteiger partial charge in [0.15, 0.2) is 0 Å². The summed E-state index contributed by atoms with van der Waals surface area (Å²) in [6.07, 6.45) is 4.40. The van der Waals surface area contributed by atoms with E-state index >= 15 is 0 Å². The molecule has 30 heavy (non-hydrogen) atoms. The predicted molar refractivity (Wildman–Crippen MR) is 115 cm³/mol. The molecule has 6 nitrogen and oxygen atoms in total. The van der Waals surface area contributed by atoms with Crippen LogP contribution in [0.4, 0.5) is 10.5 Å². The van der Waals surface area contributed by atoms with E-state index in [1.165, 1.54) is 30.6 Å². The molecule has 1 fully saturated rings. The fraction of sp³-hybridized carbons (Fsp3) is 0. The second-order valence-corrected chi connectivity index (χ2v) is 7.87. The maximum absolute atomic E-state index is 12.8. The number of nitrogens with zero attached hydrogens (tertiary/aromatic N) is 2. The highest BCUT2D eigenvalue weighted by Gasteiger charge is 2.36. The van der Waals surface area contributed by atoms with Crippen molar-refractivity contribution in [3.63, 3.8) is 0 Å². The number of carbonyl (C=O) groups excluding carboxylic acids is 3. The number of pyridine rings is 1. The van der Waals surface area contributed by atoms with Crippen molar-refractivity contribution in [2.24, 2.45) is 0 Å². The van der Waals surface area contributed by atoms with E-state index in [1.807, 2.05) is 36.4 Å². The Balaban J connectivity index is 1.57. The minimum atomic E-state index is -0.789. The molecule has 2 aromatic carbocycles. The summed E-state index contributed by atoms with van der Waals surface area (Å²) in [5.74, 6) is -1.41. The zero-order valence-electron chi connectivity index (χ0n) is 15.4. The van der Waals surface area contributed by atoms with Crippen molar-refractivity contribution >= 4 is 53.0 Å². The van der Waals surface area contributed by atoms with Crippen LogP contribution in [0.5, 0.6) is 0 Å². The van der Waals surface area contributed by atoms with E-state index in [2.05, 4.69) is 10.3 Å². The maximum atomic E-state index is 12.8. The van der Waals surface area contributed by atoms with Crippen molar-refractivity contribution < 1.29 is 14.4 Å². The third-order valence-electron chi connectivity index (χ3n) is 4.26. The number of amides is 4. The molecule has 0 atom stereocenters. The van der Waals surface area contributed by atoms with Crippen LogP contribution in [-0.2, 0) is 9.59 Å². The van der Waals surface area contributed by atoms with Crippen LogP contribution in [0.15, 0.2) is 88.4 Å². The Morgan fingerprint density at radius 1 is 0.867 bits per heavy atom. The number of aromatic nitrogens is 1. The topological polar surface area (TPSA) is 79.4 Å². The van der Waals surface area contributed by atoms with Gasteiger partial charge in [0, 0.05) is 27.2 Å². The number of rotatable bonds is 4. The van der Waals surface area contributed by atoms with E-state index in [-0.39, 0.29) is 5.57 Å². The van der Waals surface area contributed by atoms with E-state index < -0.39 is 17.8 Å². The van der Waals surface area contributed by atoms with E-state index in [1.54, 1.807) is 23.9 Å². The molecule has 8 heteroatoms. The Morgan fingerprint density at radius 3 is 2.10 bits per heavy atom. The van der Waals surface area contributed by atoms with Gasteiger partial charge < -0.3 is 0 Å². The highest BCUT2D eigenvalue weighted by molar-refractivity contribution is 7.99. The summed E-state index contributed by atoms with van der Waals surface area (Å²) in [4.78, 5) is 44.1. The number of hydrogen-bond donors (Lipinski definition) is 1. The fourth-order valence-electron chi connectivity index (χ4n) is 2.82. The van der Waals surface area contributed by atoms with Crippen LogP contribution >= 0.6 is 23.4 Å². The number of hydrogen-bond acceptors (Lipinski definition) is 5. The Labute approximate surface area is 181 Å². The van der Waals surface area contributed by atoms with Crippen LogP contribution in [0.2, 0.25) is 5.02 Å². The lowest BCUT2D eigenvalue weighted by molar-refractivity contribution is -0.122. The molecule has 1 aliphatic rings. The predicted octanol–water partition coefficient (Wildman–Crippen LogP) is 4.55. The average molecular weight is 436 g/mol. The van der Waals surface area contributed by atoms with Gasteiger partial charge in [-0.05, 0) is 60.2 Å². The van der Waals surface area contributed by atoms with Gasteiger partial charge in [-0.2, -0.15) is 0 Å². The van der Waals surface area contributed by atoms with Gasteiger partial charge in [0.05, 0.1) is 5.69 Å². The molecule has 1 aliphatic heterocycles. The first-order valence-electron chi connectivity index (χ1n) is 8.86. The van der Waals surface area contributed by atoms with Crippen LogP contribution in [0.1, 0.15) is 5.56 Å². The quantitative estimate of drug-likeness (QED) is 0.480. The van der Waals surface area contributed by atoms with Gasteiger partial charge in [0.1, 0.15) is 5.57 Å². The standard InChI is InChI=1S/C22H14ClN3O3S/c23-15-3-7-18(8-4-15)30-17-5-1-14(2-6-17)13-19-20(27)25-22(29)26(21(19)28)16-9-11-24-12-10-16/h1-13H,(H,25,27,29)/b19-13+. The number of anilines is 1. The highest BCUT2D eigenvalue weighted by Crippen LogP contribution is 2.29. The Morgan fingerprint density at radius 2 is 1.47 bits per heavy atom. The lowest BCUT2D eigenvalue weighted by Crippen LogP contribution is -2.54. The Bertz CT molecular complexity index is 1150. The van der Waals surface area contributed by atoms with Gasteiger partial charge in [-0.3, -0.25) is 19.9 Å². The summed E-state index contributed by atoms with van der Waals surface area (Å²) in [5.41, 5.74) is 0.878. The van der Waals surface area contributed by atoms with Gasteiger partial charge in [-0.15, -0.1) is 0 Å². The molecule has 4 amide bonds. The summed E-state index contributed by atoms with van der Waals surface area (Å²) >= 11 is 7.47. The molecule has 0 unspecified atom stereocenters. The summed E-state index contributed by atoms with van der Waals surface area (Å²) in [7, 11) is 0. The highest BCUT2D eigenvalue weighted by atomic mass is 35.5. The first kappa shape index (κ1) is 19.9. The minimum absolute atomic E-state index is 0.121. The number of urea groups is 1. The lowest BCUT2D eigenvalue weighted by Gasteiger charge is -2.26. The normalized spacial score (nSPS) is 15.4. The molecule has 148 valence electrons. The minimum Gasteiger partial charge on any atom is -0.273 e. The molecule has 1 saturated heterocycles. The van der Waals surface area contributed by atoms with Crippen molar-refractivity contribution in [1.82, 2.24) is 10.3 Å². The zero-order valence-corrected chi connectivity index (χ0v) is 17.0. The van der Waals surface area contributed by atoms with Crippen LogP contribution in [0, 0.1) is 0 Å². The van der Waals surface area contributed by atoms with E-state index in [0.29, 0.717) is 16.3 Å². The molecular formula is C22H14ClN3O3S. The van der Waals surface area contributed by atoms with Crippen LogP contribution in [0.25, 0.3) is 6.08 Å². The molecule has 0 aliphatic carbocycles. The Hall–Kier alpha value is -3.42. The van der Waals surface area contributed by atoms with Crippen LogP contribution in [0.3, 0.4) is 0 Å². The van der Waals surface area contributed by atoms with Gasteiger partial charge in [-0.1, -0.05) is 35.5 Å². The molecule has 1 N–H and O–H groups in total. The number of benzene rings is 2. The monoisotopic (exact) mass is 435 g/mol. The molecule has 2 heterocycles. The fourth-order valence-corrected chi connectivity index (χ4v) is 3.77. The summed E-state index contributed by atoms with van der Waals surface area (Å²) in [5, 5.41) is 2.88. The SMILES string of the molecule is O=C1NC(=O)N(c2ccncc2)C(=O)/C1=C/c1ccc(Sc2ccc(Cl)cc2)cc1. The smallest absolute Gasteiger partial charge is 0.273 e. The van der Waals surface area contributed by atoms with E-state index in [9.17, 15) is 14.4 Å². The van der Waals surface area contributed by atoms with Crippen molar-refractivity contribution in [2.45, 2.75) is 9.79 Å². The van der Waals surface area contributed by atoms with Gasteiger partial charge in [0.25, 0.3) is 11.8 Å². The first-order chi connectivity index (χ1) is 14.5. The Kier molecular flexibility index (Phi) is 5.65. The number of barbiturate groups is 1. The van der Waals surface area contributed by atoms with Crippen LogP contribution < -0.4 is 10.2 Å².